The summed E-state index contributed by atoms with van der Waals surface area (Å²) in [4.78, 5) is 24.6. The van der Waals surface area contributed by atoms with Crippen LogP contribution in [0.15, 0.2) is 24.3 Å². The molecule has 0 heterocycles. The molecular weight excluding hydrogens is 314 g/mol. The Labute approximate surface area is 143 Å². The number of carbonyl (C=O) groups is 2. The smallest absolute Gasteiger partial charge is 0.251 e. The van der Waals surface area contributed by atoms with Gasteiger partial charge in [-0.2, -0.15) is 0 Å². The van der Waals surface area contributed by atoms with Crippen molar-refractivity contribution in [3.05, 3.63) is 34.9 Å². The summed E-state index contributed by atoms with van der Waals surface area (Å²) >= 11 is 5.82. The van der Waals surface area contributed by atoms with Gasteiger partial charge < -0.3 is 16.0 Å². The molecule has 0 fully saturated rings. The summed E-state index contributed by atoms with van der Waals surface area (Å²) in [5, 5.41) is 9.29. The van der Waals surface area contributed by atoms with Crippen molar-refractivity contribution in [2.75, 3.05) is 20.1 Å². The molecule has 128 valence electrons. The van der Waals surface area contributed by atoms with E-state index in [1.807, 2.05) is 20.9 Å². The molecule has 0 spiro atoms. The lowest BCUT2D eigenvalue weighted by Gasteiger charge is -2.20. The molecule has 2 amide bonds. The van der Waals surface area contributed by atoms with Gasteiger partial charge in [-0.05, 0) is 56.6 Å². The lowest BCUT2D eigenvalue weighted by molar-refractivity contribution is -0.123. The van der Waals surface area contributed by atoms with Crippen LogP contribution < -0.4 is 16.0 Å². The van der Waals surface area contributed by atoms with Gasteiger partial charge in [-0.3, -0.25) is 9.59 Å². The molecule has 0 radical (unpaired) electrons. The van der Waals surface area contributed by atoms with E-state index in [0.717, 1.165) is 13.0 Å². The SMILES string of the molecule is CNCCCNC(=O)C(CC(C)C)NC(=O)c1ccc(Cl)cc1. The lowest BCUT2D eigenvalue weighted by atomic mass is 10.0. The summed E-state index contributed by atoms with van der Waals surface area (Å²) in [7, 11) is 1.87. The lowest BCUT2D eigenvalue weighted by Crippen LogP contribution is -2.47. The Hall–Kier alpha value is -1.59. The van der Waals surface area contributed by atoms with Gasteiger partial charge in [0.1, 0.15) is 6.04 Å². The Balaban J connectivity index is 2.64. The molecule has 0 aliphatic heterocycles. The summed E-state index contributed by atoms with van der Waals surface area (Å²) < 4.78 is 0. The van der Waals surface area contributed by atoms with Gasteiger partial charge in [0.15, 0.2) is 0 Å². The van der Waals surface area contributed by atoms with Gasteiger partial charge in [0.05, 0.1) is 0 Å². The second-order valence-electron chi connectivity index (χ2n) is 5.91. The predicted octanol–water partition coefficient (Wildman–Crippen LogP) is 2.21. The zero-order valence-corrected chi connectivity index (χ0v) is 14.7. The molecule has 3 N–H and O–H groups in total. The first-order valence-corrected chi connectivity index (χ1v) is 8.30. The first kappa shape index (κ1) is 19.5. The van der Waals surface area contributed by atoms with Crippen LogP contribution >= 0.6 is 11.6 Å². The number of hydrogen-bond acceptors (Lipinski definition) is 3. The summed E-state index contributed by atoms with van der Waals surface area (Å²) in [6.45, 7) is 5.48. The molecule has 5 nitrogen and oxygen atoms in total. The minimum atomic E-state index is -0.534. The molecule has 0 bridgehead atoms. The third-order valence-corrected chi connectivity index (χ3v) is 3.59. The van der Waals surface area contributed by atoms with Gasteiger partial charge in [0.2, 0.25) is 5.91 Å². The normalized spacial score (nSPS) is 12.0. The molecular formula is C17H26ClN3O2. The van der Waals surface area contributed by atoms with Crippen molar-refractivity contribution in [2.24, 2.45) is 5.92 Å². The predicted molar refractivity (Wildman–Crippen MR) is 93.7 cm³/mol. The number of carbonyl (C=O) groups excluding carboxylic acids is 2. The van der Waals surface area contributed by atoms with Crippen LogP contribution in [0, 0.1) is 5.92 Å². The van der Waals surface area contributed by atoms with E-state index >= 15 is 0 Å². The third kappa shape index (κ3) is 7.48. The van der Waals surface area contributed by atoms with Crippen molar-refractivity contribution in [3.8, 4) is 0 Å². The quantitative estimate of drug-likeness (QED) is 0.604. The highest BCUT2D eigenvalue weighted by Crippen LogP contribution is 2.11. The van der Waals surface area contributed by atoms with Gasteiger partial charge in [0, 0.05) is 17.1 Å². The summed E-state index contributed by atoms with van der Waals surface area (Å²) in [6.07, 6.45) is 1.44. The standard InChI is InChI=1S/C17H26ClN3O2/c1-12(2)11-15(17(23)20-10-4-9-19-3)21-16(22)13-5-7-14(18)8-6-13/h5-8,12,15,19H,4,9-11H2,1-3H3,(H,20,23)(H,21,22). The Morgan fingerprint density at radius 1 is 1.13 bits per heavy atom. The second kappa shape index (κ2) is 10.2. The van der Waals surface area contributed by atoms with Gasteiger partial charge in [-0.1, -0.05) is 25.4 Å². The Morgan fingerprint density at radius 2 is 1.78 bits per heavy atom. The zero-order valence-electron chi connectivity index (χ0n) is 14.0. The van der Waals surface area contributed by atoms with E-state index in [2.05, 4.69) is 16.0 Å². The fourth-order valence-electron chi connectivity index (χ4n) is 2.15. The van der Waals surface area contributed by atoms with Crippen LogP contribution in [-0.2, 0) is 4.79 Å². The fraction of sp³-hybridized carbons (Fsp3) is 0.529. The largest absolute Gasteiger partial charge is 0.354 e. The maximum Gasteiger partial charge on any atom is 0.251 e. The molecule has 0 aliphatic rings. The highest BCUT2D eigenvalue weighted by atomic mass is 35.5. The van der Waals surface area contributed by atoms with Crippen molar-refractivity contribution in [1.29, 1.82) is 0 Å². The first-order chi connectivity index (χ1) is 10.9. The maximum atomic E-state index is 12.3. The summed E-state index contributed by atoms with van der Waals surface area (Å²) in [5.74, 6) is -0.108. The summed E-state index contributed by atoms with van der Waals surface area (Å²) in [5.41, 5.74) is 0.492. The van der Waals surface area contributed by atoms with Crippen molar-refractivity contribution in [1.82, 2.24) is 16.0 Å². The minimum Gasteiger partial charge on any atom is -0.354 e. The van der Waals surface area contributed by atoms with E-state index in [-0.39, 0.29) is 11.8 Å². The van der Waals surface area contributed by atoms with Crippen LogP contribution in [-0.4, -0.2) is 38.0 Å². The molecule has 23 heavy (non-hydrogen) atoms. The molecule has 1 aromatic carbocycles. The number of amides is 2. The number of nitrogens with one attached hydrogen (secondary N) is 3. The average Bonchev–Trinajstić information content (AvgIpc) is 2.50. The summed E-state index contributed by atoms with van der Waals surface area (Å²) in [6, 6.07) is 6.08. The van der Waals surface area contributed by atoms with Crippen molar-refractivity contribution >= 4 is 23.4 Å². The molecule has 0 aliphatic carbocycles. The Morgan fingerprint density at radius 3 is 2.35 bits per heavy atom. The molecule has 1 atom stereocenters. The average molecular weight is 340 g/mol. The van der Waals surface area contributed by atoms with Gasteiger partial charge in [-0.25, -0.2) is 0 Å². The topological polar surface area (TPSA) is 70.2 Å². The number of halogens is 1. The highest BCUT2D eigenvalue weighted by Gasteiger charge is 2.22. The van der Waals surface area contributed by atoms with Gasteiger partial charge in [0.25, 0.3) is 5.91 Å². The van der Waals surface area contributed by atoms with E-state index in [1.54, 1.807) is 24.3 Å². The van der Waals surface area contributed by atoms with Crippen LogP contribution in [0.4, 0.5) is 0 Å². The second-order valence-corrected chi connectivity index (χ2v) is 6.35. The van der Waals surface area contributed by atoms with E-state index in [4.69, 9.17) is 11.6 Å². The van der Waals surface area contributed by atoms with Crippen molar-refractivity contribution < 1.29 is 9.59 Å². The van der Waals surface area contributed by atoms with Gasteiger partial charge >= 0.3 is 0 Å². The monoisotopic (exact) mass is 339 g/mol. The minimum absolute atomic E-state index is 0.142. The Kier molecular flexibility index (Phi) is 8.66. The number of benzene rings is 1. The number of hydrogen-bond donors (Lipinski definition) is 3. The van der Waals surface area contributed by atoms with Gasteiger partial charge in [-0.15, -0.1) is 0 Å². The van der Waals surface area contributed by atoms with Crippen LogP contribution in [0.2, 0.25) is 5.02 Å². The van der Waals surface area contributed by atoms with E-state index in [0.29, 0.717) is 29.5 Å². The number of rotatable bonds is 9. The van der Waals surface area contributed by atoms with Crippen molar-refractivity contribution in [3.63, 3.8) is 0 Å². The van der Waals surface area contributed by atoms with Crippen LogP contribution in [0.1, 0.15) is 37.0 Å². The van der Waals surface area contributed by atoms with Crippen LogP contribution in [0.3, 0.4) is 0 Å². The highest BCUT2D eigenvalue weighted by molar-refractivity contribution is 6.30. The Bertz CT molecular complexity index is 503. The van der Waals surface area contributed by atoms with E-state index in [9.17, 15) is 9.59 Å². The maximum absolute atomic E-state index is 12.3. The molecule has 0 saturated heterocycles. The van der Waals surface area contributed by atoms with Crippen LogP contribution in [0.5, 0.6) is 0 Å². The zero-order chi connectivity index (χ0) is 17.2. The molecule has 6 heteroatoms. The molecule has 0 aromatic heterocycles. The van der Waals surface area contributed by atoms with E-state index < -0.39 is 6.04 Å². The molecule has 1 aromatic rings. The van der Waals surface area contributed by atoms with Crippen molar-refractivity contribution in [2.45, 2.75) is 32.7 Å². The third-order valence-electron chi connectivity index (χ3n) is 3.34. The van der Waals surface area contributed by atoms with E-state index in [1.165, 1.54) is 0 Å². The first-order valence-electron chi connectivity index (χ1n) is 7.92. The molecule has 0 saturated carbocycles. The molecule has 1 unspecified atom stereocenters. The van der Waals surface area contributed by atoms with Crippen LogP contribution in [0.25, 0.3) is 0 Å². The molecule has 1 rings (SSSR count). The fourth-order valence-corrected chi connectivity index (χ4v) is 2.27.